The van der Waals surface area contributed by atoms with E-state index in [0.29, 0.717) is 0 Å². The molecule has 4 nitrogen and oxygen atoms in total. The highest BCUT2D eigenvalue weighted by atomic mass is 16.1. The third kappa shape index (κ3) is 4.73. The molecule has 0 aromatic heterocycles. The van der Waals surface area contributed by atoms with Crippen LogP contribution in [0.25, 0.3) is 0 Å². The van der Waals surface area contributed by atoms with Crippen molar-refractivity contribution in [3.63, 3.8) is 0 Å². The van der Waals surface area contributed by atoms with E-state index in [9.17, 15) is 4.79 Å². The topological polar surface area (TPSA) is 81.1 Å². The highest BCUT2D eigenvalue weighted by molar-refractivity contribution is 5.98. The number of rotatable bonds is 2. The van der Waals surface area contributed by atoms with E-state index >= 15 is 0 Å². The minimum Gasteiger partial charge on any atom is -0.323 e. The zero-order chi connectivity index (χ0) is 10.1. The van der Waals surface area contributed by atoms with Gasteiger partial charge in [0.05, 0.1) is 0 Å². The zero-order valence-electron chi connectivity index (χ0n) is 7.23. The number of para-hydroxylation sites is 1. The highest BCUT2D eigenvalue weighted by Crippen LogP contribution is 2.03. The predicted octanol–water partition coefficient (Wildman–Crippen LogP) is 0.630. The molecular formula is C9H13N3O. The van der Waals surface area contributed by atoms with Crippen LogP contribution in [0, 0.1) is 0 Å². The number of amides is 1. The maximum atomic E-state index is 10.8. The van der Waals surface area contributed by atoms with Crippen molar-refractivity contribution >= 4 is 11.6 Å². The molecule has 1 aromatic rings. The number of benzene rings is 1. The molecule has 0 radical (unpaired) electrons. The number of hydrazine groups is 1. The smallest absolute Gasteiger partial charge is 0.247 e. The van der Waals surface area contributed by atoms with E-state index in [1.165, 1.54) is 6.08 Å². The summed E-state index contributed by atoms with van der Waals surface area (Å²) in [4.78, 5) is 10.8. The number of anilines is 1. The minimum atomic E-state index is -0.184. The molecule has 1 amide bonds. The summed E-state index contributed by atoms with van der Waals surface area (Å²) >= 11 is 0. The first-order chi connectivity index (χ1) is 6.33. The van der Waals surface area contributed by atoms with Crippen molar-refractivity contribution in [2.75, 3.05) is 5.32 Å². The maximum Gasteiger partial charge on any atom is 0.247 e. The number of nitrogens with one attached hydrogen (secondary N) is 1. The van der Waals surface area contributed by atoms with Crippen LogP contribution in [0.4, 0.5) is 5.69 Å². The third-order valence-electron chi connectivity index (χ3n) is 1.23. The molecule has 0 saturated carbocycles. The Morgan fingerprint density at radius 2 is 1.85 bits per heavy atom. The van der Waals surface area contributed by atoms with Crippen molar-refractivity contribution in [2.24, 2.45) is 11.7 Å². The van der Waals surface area contributed by atoms with Gasteiger partial charge in [-0.2, -0.15) is 0 Å². The molecule has 13 heavy (non-hydrogen) atoms. The van der Waals surface area contributed by atoms with E-state index in [0.717, 1.165) is 5.69 Å². The van der Waals surface area contributed by atoms with Crippen LogP contribution in [0.5, 0.6) is 0 Å². The van der Waals surface area contributed by atoms with Crippen molar-refractivity contribution in [3.8, 4) is 0 Å². The lowest BCUT2D eigenvalue weighted by molar-refractivity contribution is -0.111. The quantitative estimate of drug-likeness (QED) is 0.354. The van der Waals surface area contributed by atoms with Gasteiger partial charge in [-0.05, 0) is 18.2 Å². The van der Waals surface area contributed by atoms with Crippen LogP contribution >= 0.6 is 0 Å². The first kappa shape index (κ1) is 11.4. The fourth-order valence-electron chi connectivity index (χ4n) is 0.715. The average Bonchev–Trinajstić information content (AvgIpc) is 2.22. The van der Waals surface area contributed by atoms with E-state index < -0.39 is 0 Å². The molecule has 0 unspecified atom stereocenters. The SMILES string of the molecule is C=CC(=O)Nc1ccccc1.NN. The molecule has 0 aliphatic heterocycles. The Hall–Kier alpha value is -1.65. The van der Waals surface area contributed by atoms with Gasteiger partial charge >= 0.3 is 0 Å². The second kappa shape index (κ2) is 7.02. The second-order valence-corrected chi connectivity index (χ2v) is 2.06. The normalized spacial score (nSPS) is 7.85. The van der Waals surface area contributed by atoms with Gasteiger partial charge in [0.1, 0.15) is 0 Å². The zero-order valence-corrected chi connectivity index (χ0v) is 7.23. The van der Waals surface area contributed by atoms with Crippen molar-refractivity contribution in [2.45, 2.75) is 0 Å². The standard InChI is InChI=1S/C9H9NO.H4N2/c1-2-9(11)10-8-6-4-3-5-7-8;1-2/h2-7H,1H2,(H,10,11);1-2H2. The number of hydrogen-bond donors (Lipinski definition) is 3. The van der Waals surface area contributed by atoms with E-state index in [1.54, 1.807) is 0 Å². The minimum absolute atomic E-state index is 0.184. The Morgan fingerprint density at radius 3 is 2.31 bits per heavy atom. The van der Waals surface area contributed by atoms with Crippen LogP contribution in [0.15, 0.2) is 43.0 Å². The molecule has 0 fully saturated rings. The lowest BCUT2D eigenvalue weighted by Crippen LogP contribution is -2.06. The summed E-state index contributed by atoms with van der Waals surface area (Å²) in [7, 11) is 0. The van der Waals surface area contributed by atoms with Gasteiger partial charge in [0, 0.05) is 5.69 Å². The molecule has 0 bridgehead atoms. The largest absolute Gasteiger partial charge is 0.323 e. The van der Waals surface area contributed by atoms with Crippen LogP contribution in [0.2, 0.25) is 0 Å². The van der Waals surface area contributed by atoms with Gasteiger partial charge < -0.3 is 5.32 Å². The number of carbonyl (C=O) groups excluding carboxylic acids is 1. The van der Waals surface area contributed by atoms with Gasteiger partial charge in [0.2, 0.25) is 5.91 Å². The van der Waals surface area contributed by atoms with Crippen molar-refractivity contribution < 1.29 is 4.79 Å². The van der Waals surface area contributed by atoms with E-state index in [1.807, 2.05) is 30.3 Å². The second-order valence-electron chi connectivity index (χ2n) is 2.06. The molecule has 70 valence electrons. The van der Waals surface area contributed by atoms with Crippen LogP contribution in [-0.4, -0.2) is 5.91 Å². The molecular weight excluding hydrogens is 166 g/mol. The Balaban J connectivity index is 0.000000671. The fraction of sp³-hybridized carbons (Fsp3) is 0. The van der Waals surface area contributed by atoms with E-state index in [2.05, 4.69) is 23.6 Å². The van der Waals surface area contributed by atoms with Gasteiger partial charge in [0.25, 0.3) is 0 Å². The van der Waals surface area contributed by atoms with Gasteiger partial charge in [0.15, 0.2) is 0 Å². The number of carbonyl (C=O) groups is 1. The summed E-state index contributed by atoms with van der Waals surface area (Å²) in [5.41, 5.74) is 0.789. The molecule has 1 aromatic carbocycles. The molecule has 5 N–H and O–H groups in total. The summed E-state index contributed by atoms with van der Waals surface area (Å²) in [5, 5.41) is 2.63. The van der Waals surface area contributed by atoms with Crippen molar-refractivity contribution in [3.05, 3.63) is 43.0 Å². The Bertz CT molecular complexity index is 259. The Kier molecular flexibility index (Phi) is 6.13. The summed E-state index contributed by atoms with van der Waals surface area (Å²) in [6.07, 6.45) is 1.24. The molecule has 0 heterocycles. The lowest BCUT2D eigenvalue weighted by atomic mass is 10.3. The summed E-state index contributed by atoms with van der Waals surface area (Å²) in [6, 6.07) is 9.25. The summed E-state index contributed by atoms with van der Waals surface area (Å²) in [5.74, 6) is 7.82. The predicted molar refractivity (Wildman–Crippen MR) is 53.6 cm³/mol. The molecule has 1 rings (SSSR count). The van der Waals surface area contributed by atoms with Gasteiger partial charge in [-0.25, -0.2) is 0 Å². The Morgan fingerprint density at radius 1 is 1.31 bits per heavy atom. The van der Waals surface area contributed by atoms with Crippen LogP contribution in [0.1, 0.15) is 0 Å². The molecule has 0 saturated heterocycles. The first-order valence-electron chi connectivity index (χ1n) is 3.65. The van der Waals surface area contributed by atoms with E-state index in [4.69, 9.17) is 0 Å². The van der Waals surface area contributed by atoms with Gasteiger partial charge in [-0.1, -0.05) is 24.8 Å². The molecule has 0 aliphatic rings. The lowest BCUT2D eigenvalue weighted by Gasteiger charge is -1.98. The summed E-state index contributed by atoms with van der Waals surface area (Å²) in [6.45, 7) is 3.34. The highest BCUT2D eigenvalue weighted by Gasteiger charge is 1.92. The fourth-order valence-corrected chi connectivity index (χ4v) is 0.715. The van der Waals surface area contributed by atoms with Crippen LogP contribution in [-0.2, 0) is 4.79 Å². The number of nitrogens with two attached hydrogens (primary N) is 2. The number of hydrogen-bond acceptors (Lipinski definition) is 3. The first-order valence-corrected chi connectivity index (χ1v) is 3.65. The summed E-state index contributed by atoms with van der Waals surface area (Å²) < 4.78 is 0. The molecule has 4 heteroatoms. The molecule has 0 aliphatic carbocycles. The monoisotopic (exact) mass is 179 g/mol. The molecule has 0 atom stereocenters. The van der Waals surface area contributed by atoms with E-state index in [-0.39, 0.29) is 5.91 Å². The third-order valence-corrected chi connectivity index (χ3v) is 1.23. The Labute approximate surface area is 77.2 Å². The van der Waals surface area contributed by atoms with Crippen molar-refractivity contribution in [1.29, 1.82) is 0 Å². The van der Waals surface area contributed by atoms with Gasteiger partial charge in [-0.3, -0.25) is 16.5 Å². The average molecular weight is 179 g/mol. The van der Waals surface area contributed by atoms with Gasteiger partial charge in [-0.15, -0.1) is 0 Å². The molecule has 0 spiro atoms. The van der Waals surface area contributed by atoms with Crippen molar-refractivity contribution in [1.82, 2.24) is 0 Å². The van der Waals surface area contributed by atoms with Crippen LogP contribution in [0.3, 0.4) is 0 Å². The van der Waals surface area contributed by atoms with Crippen LogP contribution < -0.4 is 17.0 Å². The maximum absolute atomic E-state index is 10.8.